The largest absolute Gasteiger partial charge is 0.496 e. The molecule has 3 heterocycles. The summed E-state index contributed by atoms with van der Waals surface area (Å²) in [6.45, 7) is 6.82. The van der Waals surface area contributed by atoms with Crippen LogP contribution in [0.5, 0.6) is 5.75 Å². The molecule has 0 bridgehead atoms. The SMILES string of the molecule is COc1ccccc1-c1cc(CN2CCN(CC(=O)N3CCCC3)CC2)on1. The maximum Gasteiger partial charge on any atom is 0.236 e. The van der Waals surface area contributed by atoms with Gasteiger partial charge in [0.05, 0.1) is 20.2 Å². The maximum atomic E-state index is 12.3. The zero-order valence-electron chi connectivity index (χ0n) is 16.5. The molecule has 0 aliphatic carbocycles. The summed E-state index contributed by atoms with van der Waals surface area (Å²) >= 11 is 0. The number of hydrogen-bond donors (Lipinski definition) is 0. The number of para-hydroxylation sites is 1. The molecule has 0 atom stereocenters. The molecule has 150 valence electrons. The third-order valence-corrected chi connectivity index (χ3v) is 5.60. The number of rotatable bonds is 6. The van der Waals surface area contributed by atoms with E-state index in [1.54, 1.807) is 7.11 Å². The lowest BCUT2D eigenvalue weighted by Crippen LogP contribution is -2.49. The molecule has 4 rings (SSSR count). The number of aromatic nitrogens is 1. The molecule has 0 N–H and O–H groups in total. The predicted molar refractivity (Wildman–Crippen MR) is 106 cm³/mol. The molecular formula is C21H28N4O3. The van der Waals surface area contributed by atoms with Crippen LogP contribution < -0.4 is 4.74 Å². The third-order valence-electron chi connectivity index (χ3n) is 5.60. The van der Waals surface area contributed by atoms with E-state index >= 15 is 0 Å². The summed E-state index contributed by atoms with van der Waals surface area (Å²) in [6.07, 6.45) is 2.29. The van der Waals surface area contributed by atoms with E-state index in [1.165, 1.54) is 0 Å². The highest BCUT2D eigenvalue weighted by Gasteiger charge is 2.24. The Bertz CT molecular complexity index is 792. The number of piperazine rings is 1. The van der Waals surface area contributed by atoms with Crippen molar-refractivity contribution < 1.29 is 14.1 Å². The van der Waals surface area contributed by atoms with E-state index in [2.05, 4.69) is 15.0 Å². The van der Waals surface area contributed by atoms with Crippen molar-refractivity contribution in [1.82, 2.24) is 19.9 Å². The maximum absolute atomic E-state index is 12.3. The summed E-state index contributed by atoms with van der Waals surface area (Å²) in [5.41, 5.74) is 1.73. The molecule has 2 fully saturated rings. The van der Waals surface area contributed by atoms with E-state index in [4.69, 9.17) is 9.26 Å². The van der Waals surface area contributed by atoms with Gasteiger partial charge in [0, 0.05) is 50.9 Å². The summed E-state index contributed by atoms with van der Waals surface area (Å²) in [4.78, 5) is 18.9. The van der Waals surface area contributed by atoms with Crippen LogP contribution in [0.3, 0.4) is 0 Å². The second-order valence-electron chi connectivity index (χ2n) is 7.52. The van der Waals surface area contributed by atoms with Crippen LogP contribution in [0.2, 0.25) is 0 Å². The van der Waals surface area contributed by atoms with Crippen LogP contribution in [0.15, 0.2) is 34.9 Å². The quantitative estimate of drug-likeness (QED) is 0.760. The van der Waals surface area contributed by atoms with Gasteiger partial charge in [0.2, 0.25) is 5.91 Å². The summed E-state index contributed by atoms with van der Waals surface area (Å²) in [7, 11) is 1.66. The highest BCUT2D eigenvalue weighted by atomic mass is 16.5. The van der Waals surface area contributed by atoms with Crippen molar-refractivity contribution in [3.8, 4) is 17.0 Å². The molecule has 1 aromatic carbocycles. The molecule has 1 amide bonds. The van der Waals surface area contributed by atoms with E-state index in [9.17, 15) is 4.79 Å². The summed E-state index contributed by atoms with van der Waals surface area (Å²) in [5, 5.41) is 4.22. The highest BCUT2D eigenvalue weighted by Crippen LogP contribution is 2.29. The monoisotopic (exact) mass is 384 g/mol. The number of ether oxygens (including phenoxy) is 1. The Kier molecular flexibility index (Phi) is 5.92. The van der Waals surface area contributed by atoms with Crippen molar-refractivity contribution in [2.45, 2.75) is 19.4 Å². The number of carbonyl (C=O) groups is 1. The zero-order chi connectivity index (χ0) is 19.3. The van der Waals surface area contributed by atoms with Crippen molar-refractivity contribution in [3.05, 3.63) is 36.1 Å². The number of nitrogens with zero attached hydrogens (tertiary/aromatic N) is 4. The van der Waals surface area contributed by atoms with Gasteiger partial charge in [-0.2, -0.15) is 0 Å². The molecule has 2 aromatic rings. The van der Waals surface area contributed by atoms with E-state index in [0.29, 0.717) is 6.54 Å². The first-order valence-corrected chi connectivity index (χ1v) is 10.0. The molecule has 0 unspecified atom stereocenters. The van der Waals surface area contributed by atoms with Crippen LogP contribution in [0.1, 0.15) is 18.6 Å². The second kappa shape index (κ2) is 8.75. The minimum Gasteiger partial charge on any atom is -0.496 e. The lowest BCUT2D eigenvalue weighted by molar-refractivity contribution is -0.131. The van der Waals surface area contributed by atoms with Crippen molar-refractivity contribution in [3.63, 3.8) is 0 Å². The molecule has 7 nitrogen and oxygen atoms in total. The molecule has 0 radical (unpaired) electrons. The van der Waals surface area contributed by atoms with Gasteiger partial charge in [-0.25, -0.2) is 0 Å². The number of benzene rings is 1. The molecule has 2 aliphatic rings. The predicted octanol–water partition coefficient (Wildman–Crippen LogP) is 2.09. The molecule has 28 heavy (non-hydrogen) atoms. The molecule has 2 saturated heterocycles. The smallest absolute Gasteiger partial charge is 0.236 e. The fourth-order valence-electron chi connectivity index (χ4n) is 3.95. The fraction of sp³-hybridized carbons (Fsp3) is 0.524. The summed E-state index contributed by atoms with van der Waals surface area (Å²) in [6, 6.07) is 9.80. The first kappa shape index (κ1) is 19.0. The molecule has 2 aliphatic heterocycles. The average Bonchev–Trinajstić information content (AvgIpc) is 3.42. The summed E-state index contributed by atoms with van der Waals surface area (Å²) in [5.74, 6) is 1.92. The molecule has 1 aromatic heterocycles. The second-order valence-corrected chi connectivity index (χ2v) is 7.52. The minimum absolute atomic E-state index is 0.280. The third kappa shape index (κ3) is 4.36. The fourth-order valence-corrected chi connectivity index (χ4v) is 3.95. The lowest BCUT2D eigenvalue weighted by atomic mass is 10.1. The van der Waals surface area contributed by atoms with Crippen molar-refractivity contribution in [2.75, 3.05) is 52.9 Å². The van der Waals surface area contributed by atoms with E-state index in [0.717, 1.165) is 81.4 Å². The topological polar surface area (TPSA) is 62.1 Å². The Hall–Kier alpha value is -2.38. The van der Waals surface area contributed by atoms with Crippen LogP contribution in [-0.4, -0.2) is 78.7 Å². The first-order valence-electron chi connectivity index (χ1n) is 10.0. The van der Waals surface area contributed by atoms with Crippen LogP contribution >= 0.6 is 0 Å². The first-order chi connectivity index (χ1) is 13.7. The summed E-state index contributed by atoms with van der Waals surface area (Å²) < 4.78 is 11.0. The van der Waals surface area contributed by atoms with Crippen molar-refractivity contribution >= 4 is 5.91 Å². The zero-order valence-corrected chi connectivity index (χ0v) is 16.5. The van der Waals surface area contributed by atoms with Crippen LogP contribution in [0.25, 0.3) is 11.3 Å². The number of likely N-dealkylation sites (tertiary alicyclic amines) is 1. The van der Waals surface area contributed by atoms with Gasteiger partial charge >= 0.3 is 0 Å². The normalized spacial score (nSPS) is 18.5. The van der Waals surface area contributed by atoms with Gasteiger partial charge in [-0.15, -0.1) is 0 Å². The molecule has 0 saturated carbocycles. The van der Waals surface area contributed by atoms with Crippen LogP contribution in [-0.2, 0) is 11.3 Å². The van der Waals surface area contributed by atoms with Gasteiger partial charge in [-0.05, 0) is 25.0 Å². The van der Waals surface area contributed by atoms with Gasteiger partial charge in [0.15, 0.2) is 5.76 Å². The Labute approximate surface area is 165 Å². The van der Waals surface area contributed by atoms with Crippen LogP contribution in [0, 0.1) is 0 Å². The molecule has 7 heteroatoms. The van der Waals surface area contributed by atoms with Crippen LogP contribution in [0.4, 0.5) is 0 Å². The molecule has 0 spiro atoms. The van der Waals surface area contributed by atoms with Gasteiger partial charge in [-0.1, -0.05) is 17.3 Å². The molecular weight excluding hydrogens is 356 g/mol. The number of methoxy groups -OCH3 is 1. The van der Waals surface area contributed by atoms with Gasteiger partial charge in [0.1, 0.15) is 11.4 Å². The van der Waals surface area contributed by atoms with Gasteiger partial charge < -0.3 is 14.2 Å². The van der Waals surface area contributed by atoms with Gasteiger partial charge in [0.25, 0.3) is 0 Å². The Morgan fingerprint density at radius 2 is 1.79 bits per heavy atom. The number of hydrogen-bond acceptors (Lipinski definition) is 6. The van der Waals surface area contributed by atoms with Crippen molar-refractivity contribution in [1.29, 1.82) is 0 Å². The number of carbonyl (C=O) groups excluding carboxylic acids is 1. The van der Waals surface area contributed by atoms with Crippen molar-refractivity contribution in [2.24, 2.45) is 0 Å². The Morgan fingerprint density at radius 1 is 1.07 bits per heavy atom. The van der Waals surface area contributed by atoms with E-state index in [1.807, 2.05) is 35.2 Å². The Morgan fingerprint density at radius 3 is 2.54 bits per heavy atom. The number of amides is 1. The standard InChI is InChI=1S/C21H28N4O3/c1-27-20-7-3-2-6-18(20)19-14-17(28-22-19)15-23-10-12-24(13-11-23)16-21(26)25-8-4-5-9-25/h2-3,6-7,14H,4-5,8-13,15-16H2,1H3. The van der Waals surface area contributed by atoms with E-state index < -0.39 is 0 Å². The average molecular weight is 384 g/mol. The minimum atomic E-state index is 0.280. The lowest BCUT2D eigenvalue weighted by Gasteiger charge is -2.34. The van der Waals surface area contributed by atoms with E-state index in [-0.39, 0.29) is 5.91 Å². The van der Waals surface area contributed by atoms with Gasteiger partial charge in [-0.3, -0.25) is 14.6 Å². The highest BCUT2D eigenvalue weighted by molar-refractivity contribution is 5.78. The Balaban J connectivity index is 1.28.